The van der Waals surface area contributed by atoms with Crippen LogP contribution in [0.4, 0.5) is 24.8 Å². The number of hydrogen-bond donors (Lipinski definition) is 2. The first-order valence-electron chi connectivity index (χ1n) is 12.0. The zero-order valence-corrected chi connectivity index (χ0v) is 20.1. The summed E-state index contributed by atoms with van der Waals surface area (Å²) in [7, 11) is 0. The Morgan fingerprint density at radius 1 is 1.11 bits per heavy atom. The van der Waals surface area contributed by atoms with Gasteiger partial charge in [0.2, 0.25) is 0 Å². The number of piperidine rings is 1. The second kappa shape index (κ2) is 9.81. The Kier molecular flexibility index (Phi) is 6.55. The lowest BCUT2D eigenvalue weighted by atomic mass is 9.91. The number of nitrogens with zero attached hydrogens (tertiary/aromatic N) is 5. The van der Waals surface area contributed by atoms with Gasteiger partial charge in [-0.2, -0.15) is 13.2 Å². The van der Waals surface area contributed by atoms with Crippen molar-refractivity contribution in [2.24, 2.45) is 0 Å². The van der Waals surface area contributed by atoms with Gasteiger partial charge in [-0.25, -0.2) is 15.0 Å². The van der Waals surface area contributed by atoms with E-state index in [1.807, 2.05) is 4.40 Å². The van der Waals surface area contributed by atoms with Crippen molar-refractivity contribution in [2.75, 3.05) is 24.1 Å². The van der Waals surface area contributed by atoms with E-state index in [9.17, 15) is 18.0 Å². The molecular formula is C26H26F3N7O. The van der Waals surface area contributed by atoms with E-state index in [0.29, 0.717) is 46.9 Å². The monoisotopic (exact) mass is 509 g/mol. The second-order valence-electron chi connectivity index (χ2n) is 9.02. The number of imidazole rings is 1. The Labute approximate surface area is 211 Å². The Balaban J connectivity index is 1.46. The van der Waals surface area contributed by atoms with Gasteiger partial charge in [-0.3, -0.25) is 14.1 Å². The van der Waals surface area contributed by atoms with Gasteiger partial charge >= 0.3 is 6.18 Å². The molecule has 0 aliphatic carbocycles. The highest BCUT2D eigenvalue weighted by atomic mass is 19.4. The molecule has 0 spiro atoms. The normalized spacial score (nSPS) is 18.7. The minimum Gasteiger partial charge on any atom is -0.382 e. The fourth-order valence-corrected chi connectivity index (χ4v) is 4.96. The zero-order chi connectivity index (χ0) is 26.2. The molecule has 0 unspecified atom stereocenters. The predicted octanol–water partition coefficient (Wildman–Crippen LogP) is 4.76. The number of nitrogens with one attached hydrogen (secondary N) is 1. The number of likely N-dealkylation sites (tertiary alicyclic amines) is 1. The number of likely N-dealkylation sites (N-methyl/N-ethyl adjacent to an activating group) is 1. The molecular weight excluding hydrogens is 483 g/mol. The second-order valence-corrected chi connectivity index (χ2v) is 9.02. The van der Waals surface area contributed by atoms with Crippen molar-refractivity contribution in [1.29, 1.82) is 0 Å². The average molecular weight is 510 g/mol. The van der Waals surface area contributed by atoms with Crippen LogP contribution >= 0.6 is 0 Å². The van der Waals surface area contributed by atoms with Gasteiger partial charge in [0.25, 0.3) is 5.91 Å². The van der Waals surface area contributed by atoms with Crippen molar-refractivity contribution in [3.05, 3.63) is 72.4 Å². The highest BCUT2D eigenvalue weighted by molar-refractivity contribution is 6.04. The van der Waals surface area contributed by atoms with E-state index in [-0.39, 0.29) is 30.6 Å². The Morgan fingerprint density at radius 2 is 1.89 bits per heavy atom. The third kappa shape index (κ3) is 4.86. The number of benzene rings is 1. The van der Waals surface area contributed by atoms with Gasteiger partial charge in [-0.05, 0) is 43.7 Å². The highest BCUT2D eigenvalue weighted by Gasteiger charge is 2.46. The summed E-state index contributed by atoms with van der Waals surface area (Å²) in [4.78, 5) is 27.2. The molecule has 11 heteroatoms. The number of fused-ring (bicyclic) bond motifs is 1. The molecule has 1 aromatic carbocycles. The van der Waals surface area contributed by atoms with Crippen LogP contribution in [-0.2, 0) is 0 Å². The van der Waals surface area contributed by atoms with E-state index in [4.69, 9.17) is 10.7 Å². The van der Waals surface area contributed by atoms with E-state index in [1.54, 1.807) is 68.0 Å². The van der Waals surface area contributed by atoms with Gasteiger partial charge < -0.3 is 11.1 Å². The maximum absolute atomic E-state index is 13.5. The molecule has 1 saturated heterocycles. The number of pyridine rings is 1. The molecule has 37 heavy (non-hydrogen) atoms. The summed E-state index contributed by atoms with van der Waals surface area (Å²) < 4.78 is 42.4. The smallest absolute Gasteiger partial charge is 0.382 e. The number of carbonyl (C=O) groups is 1. The SMILES string of the molecule is CCN1C[C@@H](c2nc(-c3ccc(C(=O)Nc4ccccn4)cc3)c3c(N)nccn23)CC[C@@H]1C(F)(F)F. The van der Waals surface area contributed by atoms with Crippen LogP contribution in [0.3, 0.4) is 0 Å². The first-order chi connectivity index (χ1) is 17.8. The molecule has 2 atom stereocenters. The number of aromatic nitrogens is 4. The van der Waals surface area contributed by atoms with Crippen molar-refractivity contribution in [3.8, 4) is 11.3 Å². The lowest BCUT2D eigenvalue weighted by Gasteiger charge is -2.39. The van der Waals surface area contributed by atoms with E-state index in [1.165, 1.54) is 4.90 Å². The van der Waals surface area contributed by atoms with Crippen LogP contribution in [0.25, 0.3) is 16.8 Å². The Hall–Kier alpha value is -3.99. The largest absolute Gasteiger partial charge is 0.404 e. The quantitative estimate of drug-likeness (QED) is 0.403. The molecule has 3 N–H and O–H groups in total. The molecule has 1 amide bonds. The number of anilines is 2. The fraction of sp³-hybridized carbons (Fsp3) is 0.308. The molecule has 0 radical (unpaired) electrons. The molecule has 1 fully saturated rings. The molecule has 1 aliphatic rings. The number of nitrogen functional groups attached to an aromatic ring is 1. The van der Waals surface area contributed by atoms with Crippen LogP contribution in [0.5, 0.6) is 0 Å². The molecule has 4 aromatic rings. The Morgan fingerprint density at radius 3 is 2.57 bits per heavy atom. The number of alkyl halides is 3. The van der Waals surface area contributed by atoms with Crippen LogP contribution in [0.1, 0.15) is 41.9 Å². The first kappa shape index (κ1) is 24.7. The molecule has 1 aliphatic heterocycles. The lowest BCUT2D eigenvalue weighted by molar-refractivity contribution is -0.191. The third-order valence-corrected chi connectivity index (χ3v) is 6.77. The topological polar surface area (TPSA) is 101 Å². The molecule has 192 valence electrons. The van der Waals surface area contributed by atoms with Crippen molar-refractivity contribution in [2.45, 2.75) is 37.9 Å². The van der Waals surface area contributed by atoms with E-state index < -0.39 is 12.2 Å². The van der Waals surface area contributed by atoms with Gasteiger partial charge in [0, 0.05) is 42.2 Å². The van der Waals surface area contributed by atoms with Gasteiger partial charge in [0.1, 0.15) is 34.7 Å². The maximum atomic E-state index is 13.5. The third-order valence-electron chi connectivity index (χ3n) is 6.77. The number of hydrogen-bond acceptors (Lipinski definition) is 6. The summed E-state index contributed by atoms with van der Waals surface area (Å²) in [5, 5.41) is 2.74. The predicted molar refractivity (Wildman–Crippen MR) is 134 cm³/mol. The summed E-state index contributed by atoms with van der Waals surface area (Å²) in [5.74, 6) is 0.856. The van der Waals surface area contributed by atoms with Gasteiger partial charge in [0.15, 0.2) is 0 Å². The van der Waals surface area contributed by atoms with Crippen molar-refractivity contribution >= 4 is 23.1 Å². The summed E-state index contributed by atoms with van der Waals surface area (Å²) in [6.07, 6.45) is 0.980. The van der Waals surface area contributed by atoms with Gasteiger partial charge in [-0.1, -0.05) is 25.1 Å². The van der Waals surface area contributed by atoms with E-state index in [0.717, 1.165) is 0 Å². The van der Waals surface area contributed by atoms with Crippen LogP contribution in [-0.4, -0.2) is 55.5 Å². The molecule has 8 nitrogen and oxygen atoms in total. The molecule has 5 rings (SSSR count). The number of halogens is 3. The number of nitrogens with two attached hydrogens (primary N) is 1. The van der Waals surface area contributed by atoms with Crippen molar-refractivity contribution in [3.63, 3.8) is 0 Å². The van der Waals surface area contributed by atoms with Crippen molar-refractivity contribution < 1.29 is 18.0 Å². The maximum Gasteiger partial charge on any atom is 0.404 e. The van der Waals surface area contributed by atoms with Crippen LogP contribution in [0.15, 0.2) is 61.1 Å². The van der Waals surface area contributed by atoms with E-state index in [2.05, 4.69) is 15.3 Å². The molecule has 0 saturated carbocycles. The van der Waals surface area contributed by atoms with Crippen LogP contribution < -0.4 is 11.1 Å². The molecule has 3 aromatic heterocycles. The van der Waals surface area contributed by atoms with Crippen LogP contribution in [0.2, 0.25) is 0 Å². The summed E-state index contributed by atoms with van der Waals surface area (Å²) in [6.45, 7) is 2.28. The average Bonchev–Trinajstić information content (AvgIpc) is 3.29. The number of amides is 1. The highest BCUT2D eigenvalue weighted by Crippen LogP contribution is 2.39. The Bertz CT molecular complexity index is 1400. The fourth-order valence-electron chi connectivity index (χ4n) is 4.96. The number of rotatable bonds is 5. The summed E-state index contributed by atoms with van der Waals surface area (Å²) >= 11 is 0. The van der Waals surface area contributed by atoms with Gasteiger partial charge in [0.05, 0.1) is 0 Å². The van der Waals surface area contributed by atoms with Gasteiger partial charge in [-0.15, -0.1) is 0 Å². The molecule has 0 bridgehead atoms. The lowest BCUT2D eigenvalue weighted by Crippen LogP contribution is -2.50. The minimum atomic E-state index is -4.26. The molecule has 4 heterocycles. The zero-order valence-electron chi connectivity index (χ0n) is 20.1. The summed E-state index contributed by atoms with van der Waals surface area (Å²) in [5.41, 5.74) is 8.54. The summed E-state index contributed by atoms with van der Waals surface area (Å²) in [6, 6.07) is 10.7. The first-order valence-corrected chi connectivity index (χ1v) is 12.0. The standard InChI is InChI=1S/C26H26F3N7O/c1-2-35-15-18(10-11-19(35)26(27,28)29)24-34-21(22-23(30)32-13-14-36(22)24)16-6-8-17(9-7-16)25(37)33-20-5-3-4-12-31-20/h3-9,12-14,18-19H,2,10-11,15H2,1H3,(H2,30,32)(H,31,33,37)/t18-,19+/m0/s1. The van der Waals surface area contributed by atoms with Crippen LogP contribution in [0, 0.1) is 0 Å². The minimum absolute atomic E-state index is 0.00684. The van der Waals surface area contributed by atoms with Crippen molar-refractivity contribution in [1.82, 2.24) is 24.3 Å². The number of carbonyl (C=O) groups excluding carboxylic acids is 1. The van der Waals surface area contributed by atoms with E-state index >= 15 is 0 Å².